The topological polar surface area (TPSA) is 64.7 Å². The molecule has 0 aliphatic rings. The summed E-state index contributed by atoms with van der Waals surface area (Å²) in [6, 6.07) is 17.0. The summed E-state index contributed by atoms with van der Waals surface area (Å²) in [4.78, 5) is 8.77. The summed E-state index contributed by atoms with van der Waals surface area (Å²) in [5, 5.41) is 8.31. The summed E-state index contributed by atoms with van der Waals surface area (Å²) < 4.78 is 5.68. The van der Waals surface area contributed by atoms with Crippen LogP contribution in [0.25, 0.3) is 34.1 Å². The summed E-state index contributed by atoms with van der Waals surface area (Å²) >= 11 is 6.19. The van der Waals surface area contributed by atoms with Crippen molar-refractivity contribution in [3.63, 3.8) is 0 Å². The van der Waals surface area contributed by atoms with Gasteiger partial charge in [-0.1, -0.05) is 41.9 Å². The monoisotopic (exact) mass is 308 g/mol. The molecule has 0 amide bonds. The van der Waals surface area contributed by atoms with Crippen LogP contribution in [-0.2, 0) is 0 Å². The van der Waals surface area contributed by atoms with Crippen LogP contribution in [0, 0.1) is 0 Å². The van der Waals surface area contributed by atoms with Crippen molar-refractivity contribution in [1.82, 2.24) is 20.2 Å². The van der Waals surface area contributed by atoms with Gasteiger partial charge in [0.25, 0.3) is 5.89 Å². The molecule has 0 spiro atoms. The summed E-state index contributed by atoms with van der Waals surface area (Å²) in [6.45, 7) is 0. The number of aromatic nitrogens is 4. The van der Waals surface area contributed by atoms with Gasteiger partial charge in [0.05, 0.1) is 11.0 Å². The number of halogens is 1. The highest BCUT2D eigenvalue weighted by molar-refractivity contribution is 6.32. The minimum atomic E-state index is 0.238. The second-order valence-corrected chi connectivity index (χ2v) is 4.99. The van der Waals surface area contributed by atoms with Crippen LogP contribution in [0.4, 0.5) is 0 Å². The predicted octanol–water partition coefficient (Wildman–Crippen LogP) is 4.00. The lowest BCUT2D eigenvalue weighted by Crippen LogP contribution is -1.91. The Kier molecular flexibility index (Phi) is 3.05. The fourth-order valence-electron chi connectivity index (χ4n) is 2.13. The van der Waals surface area contributed by atoms with E-state index in [9.17, 15) is 0 Å². The molecule has 0 saturated carbocycles. The van der Waals surface area contributed by atoms with Gasteiger partial charge < -0.3 is 4.42 Å². The van der Waals surface area contributed by atoms with E-state index in [4.69, 9.17) is 16.0 Å². The summed E-state index contributed by atoms with van der Waals surface area (Å²) in [5.74, 6) is 0.670. The highest BCUT2D eigenvalue weighted by Crippen LogP contribution is 2.28. The largest absolute Gasteiger partial charge is 0.414 e. The van der Waals surface area contributed by atoms with E-state index in [0.29, 0.717) is 11.6 Å². The average molecular weight is 309 g/mol. The van der Waals surface area contributed by atoms with E-state index in [0.717, 1.165) is 16.6 Å². The molecule has 4 rings (SSSR count). The first-order valence-electron chi connectivity index (χ1n) is 6.63. The van der Waals surface area contributed by atoms with Crippen molar-refractivity contribution < 1.29 is 4.42 Å². The van der Waals surface area contributed by atoms with Crippen LogP contribution in [0.3, 0.4) is 0 Å². The van der Waals surface area contributed by atoms with Gasteiger partial charge in [0.15, 0.2) is 10.8 Å². The van der Waals surface area contributed by atoms with Gasteiger partial charge in [-0.3, -0.25) is 0 Å². The number of nitrogens with zero attached hydrogens (tertiary/aromatic N) is 4. The summed E-state index contributed by atoms with van der Waals surface area (Å²) in [6.07, 6.45) is 0. The lowest BCUT2D eigenvalue weighted by atomic mass is 10.2. The molecule has 0 unspecified atom stereocenters. The first-order valence-corrected chi connectivity index (χ1v) is 7.00. The molecule has 4 aromatic rings. The highest BCUT2D eigenvalue weighted by atomic mass is 35.5. The standard InChI is InChI=1S/C16H9ClN4O/c17-14-13(18-11-8-4-5-9-12(11)19-14)16-21-20-15(22-16)10-6-2-1-3-7-10/h1-9H. The fourth-order valence-corrected chi connectivity index (χ4v) is 2.35. The van der Waals surface area contributed by atoms with Crippen molar-refractivity contribution >= 4 is 22.6 Å². The molecule has 2 aromatic carbocycles. The molecule has 0 saturated heterocycles. The van der Waals surface area contributed by atoms with Crippen LogP contribution >= 0.6 is 11.6 Å². The average Bonchev–Trinajstić information content (AvgIpc) is 3.05. The quantitative estimate of drug-likeness (QED) is 0.560. The van der Waals surface area contributed by atoms with Crippen LogP contribution in [0.2, 0.25) is 5.15 Å². The van der Waals surface area contributed by atoms with Crippen molar-refractivity contribution in [2.24, 2.45) is 0 Å². The molecular weight excluding hydrogens is 300 g/mol. The van der Waals surface area contributed by atoms with Gasteiger partial charge in [0.2, 0.25) is 5.89 Å². The van der Waals surface area contributed by atoms with E-state index in [-0.39, 0.29) is 11.0 Å². The molecule has 22 heavy (non-hydrogen) atoms. The van der Waals surface area contributed by atoms with E-state index in [2.05, 4.69) is 20.2 Å². The maximum absolute atomic E-state index is 6.19. The molecule has 2 aromatic heterocycles. The van der Waals surface area contributed by atoms with Gasteiger partial charge in [0, 0.05) is 5.56 Å². The molecule has 0 N–H and O–H groups in total. The number of hydrogen-bond donors (Lipinski definition) is 0. The Hall–Kier alpha value is -2.79. The Morgan fingerprint density at radius 1 is 0.727 bits per heavy atom. The van der Waals surface area contributed by atoms with E-state index in [1.165, 1.54) is 0 Å². The molecule has 0 fully saturated rings. The number of benzene rings is 2. The molecule has 6 heteroatoms. The summed E-state index contributed by atoms with van der Waals surface area (Å²) in [7, 11) is 0. The Balaban J connectivity index is 1.82. The number of para-hydroxylation sites is 2. The van der Waals surface area contributed by atoms with Gasteiger partial charge in [-0.05, 0) is 24.3 Å². The third kappa shape index (κ3) is 2.21. The Morgan fingerprint density at radius 3 is 2.14 bits per heavy atom. The minimum Gasteiger partial charge on any atom is -0.414 e. The summed E-state index contributed by atoms with van der Waals surface area (Å²) in [5.41, 5.74) is 2.67. The van der Waals surface area contributed by atoms with E-state index >= 15 is 0 Å². The van der Waals surface area contributed by atoms with Crippen LogP contribution in [0.15, 0.2) is 59.0 Å². The Labute approximate surface area is 130 Å². The lowest BCUT2D eigenvalue weighted by molar-refractivity contribution is 0.582. The zero-order valence-electron chi connectivity index (χ0n) is 11.3. The molecule has 5 nitrogen and oxygen atoms in total. The zero-order chi connectivity index (χ0) is 14.9. The smallest absolute Gasteiger partial charge is 0.269 e. The van der Waals surface area contributed by atoms with Crippen LogP contribution in [0.1, 0.15) is 0 Å². The normalized spacial score (nSPS) is 11.0. The maximum Gasteiger partial charge on any atom is 0.269 e. The fraction of sp³-hybridized carbons (Fsp3) is 0. The van der Waals surface area contributed by atoms with Crippen LogP contribution in [-0.4, -0.2) is 20.2 Å². The molecule has 0 atom stereocenters. The molecule has 0 aliphatic carbocycles. The second kappa shape index (κ2) is 5.20. The van der Waals surface area contributed by atoms with Crippen molar-refractivity contribution in [3.05, 3.63) is 59.8 Å². The first kappa shape index (κ1) is 12.9. The van der Waals surface area contributed by atoms with E-state index in [1.807, 2.05) is 54.6 Å². The Morgan fingerprint density at radius 2 is 1.36 bits per heavy atom. The number of rotatable bonds is 2. The van der Waals surface area contributed by atoms with E-state index < -0.39 is 0 Å². The van der Waals surface area contributed by atoms with Gasteiger partial charge >= 0.3 is 0 Å². The van der Waals surface area contributed by atoms with Crippen LogP contribution in [0.5, 0.6) is 0 Å². The second-order valence-electron chi connectivity index (χ2n) is 4.63. The minimum absolute atomic E-state index is 0.238. The number of fused-ring (bicyclic) bond motifs is 1. The zero-order valence-corrected chi connectivity index (χ0v) is 12.0. The maximum atomic E-state index is 6.19. The molecule has 0 radical (unpaired) electrons. The van der Waals surface area contributed by atoms with Crippen molar-refractivity contribution in [2.45, 2.75) is 0 Å². The first-order chi connectivity index (χ1) is 10.8. The highest BCUT2D eigenvalue weighted by Gasteiger charge is 2.16. The SMILES string of the molecule is Clc1nc2ccccc2nc1-c1nnc(-c2ccccc2)o1. The van der Waals surface area contributed by atoms with Gasteiger partial charge in [0.1, 0.15) is 0 Å². The van der Waals surface area contributed by atoms with Crippen molar-refractivity contribution in [2.75, 3.05) is 0 Å². The third-order valence-corrected chi connectivity index (χ3v) is 3.44. The Bertz CT molecular complexity index is 953. The van der Waals surface area contributed by atoms with Crippen LogP contribution < -0.4 is 0 Å². The molecule has 2 heterocycles. The van der Waals surface area contributed by atoms with E-state index in [1.54, 1.807) is 0 Å². The lowest BCUT2D eigenvalue weighted by Gasteiger charge is -2.01. The molecule has 0 aliphatic heterocycles. The number of hydrogen-bond acceptors (Lipinski definition) is 5. The van der Waals surface area contributed by atoms with Gasteiger partial charge in [-0.25, -0.2) is 9.97 Å². The molecule has 0 bridgehead atoms. The third-order valence-electron chi connectivity index (χ3n) is 3.18. The van der Waals surface area contributed by atoms with Crippen molar-refractivity contribution in [1.29, 1.82) is 0 Å². The van der Waals surface area contributed by atoms with Gasteiger partial charge in [-0.15, -0.1) is 10.2 Å². The molecule has 106 valence electrons. The van der Waals surface area contributed by atoms with Crippen molar-refractivity contribution in [3.8, 4) is 23.0 Å². The van der Waals surface area contributed by atoms with Gasteiger partial charge in [-0.2, -0.15) is 0 Å². The predicted molar refractivity (Wildman–Crippen MR) is 83.3 cm³/mol. The molecular formula is C16H9ClN4O.